The van der Waals surface area contributed by atoms with Crippen molar-refractivity contribution in [2.45, 2.75) is 19.8 Å². The molecule has 0 aromatic carbocycles. The standard InChI is InChI=1S/C10H11F2NO3/c1-2-16-9(15)3-6-5-13-8(14)4-7(6)10(11)12/h4-5,10H,2-3H2,1H3,(H,13,14). The van der Waals surface area contributed by atoms with Gasteiger partial charge in [0.1, 0.15) is 0 Å². The van der Waals surface area contributed by atoms with Crippen molar-refractivity contribution in [1.29, 1.82) is 0 Å². The lowest BCUT2D eigenvalue weighted by atomic mass is 10.1. The van der Waals surface area contributed by atoms with Crippen molar-refractivity contribution in [3.05, 3.63) is 33.7 Å². The highest BCUT2D eigenvalue weighted by Gasteiger charge is 2.16. The van der Waals surface area contributed by atoms with Crippen molar-refractivity contribution in [2.24, 2.45) is 0 Å². The van der Waals surface area contributed by atoms with Crippen LogP contribution in [0, 0.1) is 0 Å². The molecule has 6 heteroatoms. The lowest BCUT2D eigenvalue weighted by Gasteiger charge is -2.07. The minimum Gasteiger partial charge on any atom is -0.466 e. The Bertz CT molecular complexity index is 428. The number of nitrogens with one attached hydrogen (secondary N) is 1. The Hall–Kier alpha value is -1.72. The number of rotatable bonds is 4. The molecule has 1 aromatic rings. The fourth-order valence-electron chi connectivity index (χ4n) is 1.24. The first-order chi connectivity index (χ1) is 7.54. The van der Waals surface area contributed by atoms with Crippen LogP contribution in [0.15, 0.2) is 17.1 Å². The lowest BCUT2D eigenvalue weighted by Crippen LogP contribution is -2.13. The molecule has 0 unspecified atom stereocenters. The summed E-state index contributed by atoms with van der Waals surface area (Å²) in [5.41, 5.74) is -0.979. The van der Waals surface area contributed by atoms with E-state index in [1.54, 1.807) is 6.92 Å². The summed E-state index contributed by atoms with van der Waals surface area (Å²) in [5, 5.41) is 0. The maximum absolute atomic E-state index is 12.5. The van der Waals surface area contributed by atoms with Crippen LogP contribution in [-0.4, -0.2) is 17.6 Å². The van der Waals surface area contributed by atoms with Gasteiger partial charge in [-0.15, -0.1) is 0 Å². The van der Waals surface area contributed by atoms with E-state index in [4.69, 9.17) is 0 Å². The van der Waals surface area contributed by atoms with Gasteiger partial charge in [0.2, 0.25) is 5.56 Å². The van der Waals surface area contributed by atoms with Gasteiger partial charge in [0, 0.05) is 17.8 Å². The molecular weight excluding hydrogens is 220 g/mol. The van der Waals surface area contributed by atoms with Crippen molar-refractivity contribution in [3.63, 3.8) is 0 Å². The van der Waals surface area contributed by atoms with Crippen LogP contribution in [0.2, 0.25) is 0 Å². The zero-order chi connectivity index (χ0) is 12.1. The molecule has 1 N–H and O–H groups in total. The number of hydrogen-bond acceptors (Lipinski definition) is 3. The topological polar surface area (TPSA) is 59.2 Å². The molecule has 4 nitrogen and oxygen atoms in total. The van der Waals surface area contributed by atoms with E-state index in [1.807, 2.05) is 0 Å². The Morgan fingerprint density at radius 2 is 2.25 bits per heavy atom. The predicted octanol–water partition coefficient (Wildman–Crippen LogP) is 1.42. The minimum atomic E-state index is -2.79. The lowest BCUT2D eigenvalue weighted by molar-refractivity contribution is -0.142. The molecule has 0 atom stereocenters. The third kappa shape index (κ3) is 3.15. The van der Waals surface area contributed by atoms with Crippen LogP contribution < -0.4 is 5.56 Å². The molecule has 0 aliphatic heterocycles. The Morgan fingerprint density at radius 1 is 1.56 bits per heavy atom. The number of H-pyrrole nitrogens is 1. The molecule has 16 heavy (non-hydrogen) atoms. The molecule has 1 heterocycles. The number of ether oxygens (including phenoxy) is 1. The molecule has 0 amide bonds. The first-order valence-corrected chi connectivity index (χ1v) is 4.70. The van der Waals surface area contributed by atoms with Gasteiger partial charge in [-0.1, -0.05) is 0 Å². The Morgan fingerprint density at radius 3 is 2.81 bits per heavy atom. The van der Waals surface area contributed by atoms with Crippen molar-refractivity contribution in [2.75, 3.05) is 6.61 Å². The van der Waals surface area contributed by atoms with Gasteiger partial charge in [-0.2, -0.15) is 0 Å². The smallest absolute Gasteiger partial charge is 0.310 e. The number of alkyl halides is 2. The normalized spacial score (nSPS) is 10.5. The number of esters is 1. The molecule has 0 bridgehead atoms. The molecule has 0 radical (unpaired) electrons. The van der Waals surface area contributed by atoms with E-state index in [-0.39, 0.29) is 18.6 Å². The first kappa shape index (κ1) is 12.4. The van der Waals surface area contributed by atoms with E-state index >= 15 is 0 Å². The zero-order valence-electron chi connectivity index (χ0n) is 8.63. The number of pyridine rings is 1. The highest BCUT2D eigenvalue weighted by molar-refractivity contribution is 5.72. The van der Waals surface area contributed by atoms with Crippen molar-refractivity contribution < 1.29 is 18.3 Å². The van der Waals surface area contributed by atoms with Gasteiger partial charge >= 0.3 is 5.97 Å². The summed E-state index contributed by atoms with van der Waals surface area (Å²) >= 11 is 0. The average molecular weight is 231 g/mol. The third-order valence-electron chi connectivity index (χ3n) is 1.92. The summed E-state index contributed by atoms with van der Waals surface area (Å²) in [6.07, 6.45) is -1.95. The number of carbonyl (C=O) groups excluding carboxylic acids is 1. The minimum absolute atomic E-state index is 0.0769. The molecule has 0 aliphatic carbocycles. The summed E-state index contributed by atoms with van der Waals surface area (Å²) in [4.78, 5) is 24.2. The Kier molecular flexibility index (Phi) is 4.16. The van der Waals surface area contributed by atoms with E-state index < -0.39 is 23.5 Å². The van der Waals surface area contributed by atoms with Gasteiger partial charge in [-0.3, -0.25) is 9.59 Å². The first-order valence-electron chi connectivity index (χ1n) is 4.70. The van der Waals surface area contributed by atoms with Crippen LogP contribution in [0.3, 0.4) is 0 Å². The molecule has 0 aliphatic rings. The molecule has 0 spiro atoms. The molecule has 0 fully saturated rings. The van der Waals surface area contributed by atoms with E-state index in [2.05, 4.69) is 9.72 Å². The zero-order valence-corrected chi connectivity index (χ0v) is 8.63. The predicted molar refractivity (Wildman–Crippen MR) is 52.4 cm³/mol. The van der Waals surface area contributed by atoms with E-state index in [0.717, 1.165) is 12.3 Å². The Balaban J connectivity index is 2.95. The van der Waals surface area contributed by atoms with Crippen LogP contribution in [0.1, 0.15) is 24.5 Å². The average Bonchev–Trinajstić information content (AvgIpc) is 2.20. The Labute approximate surface area is 90.2 Å². The highest BCUT2D eigenvalue weighted by atomic mass is 19.3. The van der Waals surface area contributed by atoms with E-state index in [1.165, 1.54) is 0 Å². The summed E-state index contributed by atoms with van der Waals surface area (Å²) in [7, 11) is 0. The molecule has 0 saturated carbocycles. The van der Waals surface area contributed by atoms with Gasteiger partial charge < -0.3 is 9.72 Å². The fraction of sp³-hybridized carbons (Fsp3) is 0.400. The van der Waals surface area contributed by atoms with Crippen LogP contribution in [0.25, 0.3) is 0 Å². The molecule has 0 saturated heterocycles. The number of aromatic amines is 1. The third-order valence-corrected chi connectivity index (χ3v) is 1.92. The summed E-state index contributed by atoms with van der Waals surface area (Å²) in [5.74, 6) is -0.601. The SMILES string of the molecule is CCOC(=O)Cc1c[nH]c(=O)cc1C(F)F. The molecular formula is C10H11F2NO3. The quantitative estimate of drug-likeness (QED) is 0.797. The number of halogens is 2. The van der Waals surface area contributed by atoms with Gasteiger partial charge in [0.15, 0.2) is 0 Å². The second-order valence-electron chi connectivity index (χ2n) is 3.06. The van der Waals surface area contributed by atoms with E-state index in [0.29, 0.717) is 0 Å². The number of carbonyl (C=O) groups is 1. The van der Waals surface area contributed by atoms with Crippen LogP contribution >= 0.6 is 0 Å². The summed E-state index contributed by atoms with van der Waals surface area (Å²) in [6.45, 7) is 1.81. The van der Waals surface area contributed by atoms with Gasteiger partial charge in [0.05, 0.1) is 13.0 Å². The van der Waals surface area contributed by atoms with Crippen LogP contribution in [0.4, 0.5) is 8.78 Å². The van der Waals surface area contributed by atoms with Crippen molar-refractivity contribution >= 4 is 5.97 Å². The maximum atomic E-state index is 12.5. The van der Waals surface area contributed by atoms with E-state index in [9.17, 15) is 18.4 Å². The van der Waals surface area contributed by atoms with Crippen LogP contribution in [0.5, 0.6) is 0 Å². The summed E-state index contributed by atoms with van der Waals surface area (Å²) < 4.78 is 29.7. The summed E-state index contributed by atoms with van der Waals surface area (Å²) in [6, 6.07) is 0.791. The number of aromatic nitrogens is 1. The largest absolute Gasteiger partial charge is 0.466 e. The highest BCUT2D eigenvalue weighted by Crippen LogP contribution is 2.21. The second kappa shape index (κ2) is 5.39. The van der Waals surface area contributed by atoms with Crippen LogP contribution in [-0.2, 0) is 16.0 Å². The maximum Gasteiger partial charge on any atom is 0.310 e. The van der Waals surface area contributed by atoms with Gasteiger partial charge in [-0.25, -0.2) is 8.78 Å². The van der Waals surface area contributed by atoms with Gasteiger partial charge in [0.25, 0.3) is 6.43 Å². The number of hydrogen-bond donors (Lipinski definition) is 1. The van der Waals surface area contributed by atoms with Crippen molar-refractivity contribution in [3.8, 4) is 0 Å². The molecule has 88 valence electrons. The second-order valence-corrected chi connectivity index (χ2v) is 3.06. The van der Waals surface area contributed by atoms with Gasteiger partial charge in [-0.05, 0) is 12.5 Å². The molecule has 1 rings (SSSR count). The molecule has 1 aromatic heterocycles. The fourth-order valence-corrected chi connectivity index (χ4v) is 1.24. The monoisotopic (exact) mass is 231 g/mol. The van der Waals surface area contributed by atoms with Crippen molar-refractivity contribution in [1.82, 2.24) is 4.98 Å².